The van der Waals surface area contributed by atoms with E-state index < -0.39 is 29.4 Å². The Morgan fingerprint density at radius 1 is 1.53 bits per heavy atom. The summed E-state index contributed by atoms with van der Waals surface area (Å²) < 4.78 is 0. The second kappa shape index (κ2) is 3.85. The van der Waals surface area contributed by atoms with Gasteiger partial charge in [0.05, 0.1) is 0 Å². The largest absolute Gasteiger partial charge is 0.480 e. The third-order valence-corrected chi connectivity index (χ3v) is 2.45. The molecule has 84 valence electrons. The third kappa shape index (κ3) is 2.24. The van der Waals surface area contributed by atoms with Gasteiger partial charge in [-0.2, -0.15) is 0 Å². The fourth-order valence-corrected chi connectivity index (χ4v) is 1.58. The molecule has 0 radical (unpaired) electrons. The zero-order chi connectivity index (χ0) is 11.6. The highest BCUT2D eigenvalue weighted by Crippen LogP contribution is 2.25. The van der Waals surface area contributed by atoms with E-state index in [1.165, 1.54) is 0 Å². The van der Waals surface area contributed by atoms with Gasteiger partial charge < -0.3 is 21.3 Å². The maximum Gasteiger partial charge on any atom is 0.329 e. The molecule has 15 heavy (non-hydrogen) atoms. The van der Waals surface area contributed by atoms with Crippen LogP contribution in [-0.2, 0) is 14.4 Å². The van der Waals surface area contributed by atoms with Crippen LogP contribution in [0.3, 0.4) is 0 Å². The summed E-state index contributed by atoms with van der Waals surface area (Å²) in [5.74, 6) is -2.92. The van der Waals surface area contributed by atoms with Crippen LogP contribution in [0.15, 0.2) is 0 Å². The van der Waals surface area contributed by atoms with E-state index in [0.717, 1.165) is 0 Å². The zero-order valence-corrected chi connectivity index (χ0v) is 7.90. The molecule has 1 fully saturated rings. The molecule has 5 N–H and O–H groups in total. The smallest absolute Gasteiger partial charge is 0.329 e. The summed E-state index contributed by atoms with van der Waals surface area (Å²) in [5, 5.41) is 19.8. The number of aliphatic carboxylic acids is 2. The highest BCUT2D eigenvalue weighted by molar-refractivity contribution is 5.91. The number of hydrogen-bond acceptors (Lipinski definition) is 4. The van der Waals surface area contributed by atoms with Crippen molar-refractivity contribution < 1.29 is 24.6 Å². The summed E-state index contributed by atoms with van der Waals surface area (Å²) in [6, 6.07) is -1.29. The molecule has 0 aromatic heterocycles. The Labute approximate surface area is 85.3 Å². The lowest BCUT2D eigenvalue weighted by Gasteiger charge is -2.25. The first-order chi connectivity index (χ1) is 6.87. The minimum atomic E-state index is -1.52. The van der Waals surface area contributed by atoms with Gasteiger partial charge in [0, 0.05) is 12.8 Å². The van der Waals surface area contributed by atoms with E-state index in [0.29, 0.717) is 0 Å². The van der Waals surface area contributed by atoms with E-state index in [2.05, 4.69) is 5.32 Å². The van der Waals surface area contributed by atoms with E-state index in [-0.39, 0.29) is 19.3 Å². The third-order valence-electron chi connectivity index (χ3n) is 2.45. The van der Waals surface area contributed by atoms with E-state index in [4.69, 9.17) is 15.9 Å². The lowest BCUT2D eigenvalue weighted by Crippen LogP contribution is -2.53. The summed E-state index contributed by atoms with van der Waals surface area (Å²) in [6.07, 6.45) is -0.149. The van der Waals surface area contributed by atoms with Gasteiger partial charge in [-0.1, -0.05) is 0 Å². The van der Waals surface area contributed by atoms with E-state index >= 15 is 0 Å². The number of carbonyl (C=O) groups is 3. The Morgan fingerprint density at radius 3 is 2.47 bits per heavy atom. The van der Waals surface area contributed by atoms with Gasteiger partial charge in [-0.15, -0.1) is 0 Å². The first-order valence-corrected chi connectivity index (χ1v) is 4.40. The summed E-state index contributed by atoms with van der Waals surface area (Å²) in [4.78, 5) is 32.4. The highest BCUT2D eigenvalue weighted by atomic mass is 16.4. The first kappa shape index (κ1) is 11.4. The standard InChI is InChI=1S/C8H12N2O5/c9-4(6(12)13)3-8(7(14)15)2-1-5(11)10-8/h4H,1-3,9H2,(H,10,11)(H,12,13)(H,14,15)/t4-,8-/m1/s1. The lowest BCUT2D eigenvalue weighted by atomic mass is 9.90. The van der Waals surface area contributed by atoms with Gasteiger partial charge in [0.2, 0.25) is 5.91 Å². The van der Waals surface area contributed by atoms with E-state index in [1.807, 2.05) is 0 Å². The molecule has 0 spiro atoms. The van der Waals surface area contributed by atoms with Crippen LogP contribution in [0.25, 0.3) is 0 Å². The SMILES string of the molecule is N[C@H](C[C@@]1(C(=O)O)CCC(=O)N1)C(=O)O. The van der Waals surface area contributed by atoms with Crippen molar-refractivity contribution in [3.8, 4) is 0 Å². The number of rotatable bonds is 4. The van der Waals surface area contributed by atoms with Crippen LogP contribution in [0.5, 0.6) is 0 Å². The number of hydrogen-bond donors (Lipinski definition) is 4. The molecule has 7 heteroatoms. The fraction of sp³-hybridized carbons (Fsp3) is 0.625. The number of carboxylic acid groups (broad SMARTS) is 2. The molecule has 1 aliphatic rings. The normalized spacial score (nSPS) is 27.1. The van der Waals surface area contributed by atoms with Crippen molar-refractivity contribution in [2.75, 3.05) is 0 Å². The van der Waals surface area contributed by atoms with Crippen molar-refractivity contribution in [2.24, 2.45) is 5.73 Å². The van der Waals surface area contributed by atoms with Crippen molar-refractivity contribution in [3.05, 3.63) is 0 Å². The molecule has 1 aliphatic heterocycles. The van der Waals surface area contributed by atoms with Crippen LogP contribution in [0.2, 0.25) is 0 Å². The number of nitrogens with one attached hydrogen (secondary N) is 1. The quantitative estimate of drug-likeness (QED) is 0.453. The van der Waals surface area contributed by atoms with Gasteiger partial charge in [-0.05, 0) is 6.42 Å². The van der Waals surface area contributed by atoms with Crippen molar-refractivity contribution >= 4 is 17.8 Å². The Bertz CT molecular complexity index is 316. The molecule has 1 rings (SSSR count). The summed E-state index contributed by atoms with van der Waals surface area (Å²) >= 11 is 0. The highest BCUT2D eigenvalue weighted by Gasteiger charge is 2.46. The summed E-state index contributed by atoms with van der Waals surface area (Å²) in [5.41, 5.74) is 3.73. The lowest BCUT2D eigenvalue weighted by molar-refractivity contribution is -0.147. The van der Waals surface area contributed by atoms with Crippen LogP contribution in [-0.4, -0.2) is 39.6 Å². The van der Waals surface area contributed by atoms with Gasteiger partial charge in [0.1, 0.15) is 11.6 Å². The predicted octanol–water partition coefficient (Wildman–Crippen LogP) is -1.48. The molecule has 2 atom stereocenters. The molecule has 0 unspecified atom stereocenters. The zero-order valence-electron chi connectivity index (χ0n) is 7.90. The minimum Gasteiger partial charge on any atom is -0.480 e. The molecule has 7 nitrogen and oxygen atoms in total. The number of amides is 1. The Kier molecular flexibility index (Phi) is 2.94. The van der Waals surface area contributed by atoms with Gasteiger partial charge in [0.15, 0.2) is 0 Å². The Morgan fingerprint density at radius 2 is 2.13 bits per heavy atom. The molecule has 1 saturated heterocycles. The predicted molar refractivity (Wildman–Crippen MR) is 48.0 cm³/mol. The average Bonchev–Trinajstić information content (AvgIpc) is 2.48. The fourth-order valence-electron chi connectivity index (χ4n) is 1.58. The van der Waals surface area contributed by atoms with Crippen molar-refractivity contribution in [1.29, 1.82) is 0 Å². The van der Waals surface area contributed by atoms with Crippen molar-refractivity contribution in [3.63, 3.8) is 0 Å². The topological polar surface area (TPSA) is 130 Å². The molecule has 0 saturated carbocycles. The number of nitrogens with two attached hydrogens (primary N) is 1. The number of carboxylic acids is 2. The van der Waals surface area contributed by atoms with Crippen molar-refractivity contribution in [1.82, 2.24) is 5.32 Å². The first-order valence-electron chi connectivity index (χ1n) is 4.40. The van der Waals surface area contributed by atoms with Crippen molar-refractivity contribution in [2.45, 2.75) is 30.8 Å². The molecule has 1 amide bonds. The van der Waals surface area contributed by atoms with Gasteiger partial charge in [-0.3, -0.25) is 9.59 Å². The summed E-state index contributed by atoms with van der Waals surface area (Å²) in [6.45, 7) is 0. The molecule has 0 aliphatic carbocycles. The summed E-state index contributed by atoms with van der Waals surface area (Å²) in [7, 11) is 0. The van der Waals surface area contributed by atoms with E-state index in [1.54, 1.807) is 0 Å². The molecule has 1 heterocycles. The maximum absolute atomic E-state index is 11.0. The second-order valence-electron chi connectivity index (χ2n) is 3.58. The van der Waals surface area contributed by atoms with Gasteiger partial charge >= 0.3 is 11.9 Å². The molecule has 0 aromatic rings. The van der Waals surface area contributed by atoms with E-state index in [9.17, 15) is 14.4 Å². The molecular formula is C8H12N2O5. The monoisotopic (exact) mass is 216 g/mol. The molecule has 0 aromatic carbocycles. The average molecular weight is 216 g/mol. The van der Waals surface area contributed by atoms with Crippen LogP contribution >= 0.6 is 0 Å². The molecule has 0 bridgehead atoms. The Hall–Kier alpha value is -1.63. The van der Waals surface area contributed by atoms with Gasteiger partial charge in [-0.25, -0.2) is 4.79 Å². The van der Waals surface area contributed by atoms with Crippen LogP contribution < -0.4 is 11.1 Å². The maximum atomic E-state index is 11.0. The number of carbonyl (C=O) groups excluding carboxylic acids is 1. The van der Waals surface area contributed by atoms with Crippen LogP contribution in [0.1, 0.15) is 19.3 Å². The van der Waals surface area contributed by atoms with Gasteiger partial charge in [0.25, 0.3) is 0 Å². The second-order valence-corrected chi connectivity index (χ2v) is 3.58. The van der Waals surface area contributed by atoms with Crippen LogP contribution in [0, 0.1) is 0 Å². The minimum absolute atomic E-state index is 0.0716. The Balaban J connectivity index is 2.80. The molecular weight excluding hydrogens is 204 g/mol. The van der Waals surface area contributed by atoms with Crippen LogP contribution in [0.4, 0.5) is 0 Å².